The van der Waals surface area contributed by atoms with E-state index < -0.39 is 58.5 Å². The lowest BCUT2D eigenvalue weighted by molar-refractivity contribution is -0.138. The molecule has 3 aliphatic heterocycles. The van der Waals surface area contributed by atoms with Gasteiger partial charge in [0.2, 0.25) is 11.8 Å². The Morgan fingerprint density at radius 3 is 2.45 bits per heavy atom. The van der Waals surface area contributed by atoms with Gasteiger partial charge in [0.1, 0.15) is 11.8 Å². The lowest BCUT2D eigenvalue weighted by Gasteiger charge is -2.27. The molecule has 5 amide bonds. The van der Waals surface area contributed by atoms with Crippen molar-refractivity contribution in [1.82, 2.24) is 15.1 Å². The van der Waals surface area contributed by atoms with Gasteiger partial charge in [-0.2, -0.15) is 18.4 Å². The number of nitrogens with one attached hydrogen (secondary N) is 2. The number of ether oxygens (including phenoxy) is 3. The van der Waals surface area contributed by atoms with Crippen LogP contribution in [0.1, 0.15) is 71.4 Å². The lowest BCUT2D eigenvalue weighted by atomic mass is 9.89. The molecule has 0 saturated carbocycles. The summed E-state index contributed by atoms with van der Waals surface area (Å²) in [5.74, 6) is -2.74. The Bertz CT molecular complexity index is 1740. The summed E-state index contributed by atoms with van der Waals surface area (Å²) < 4.78 is 57.2. The van der Waals surface area contributed by atoms with Crippen LogP contribution in [-0.4, -0.2) is 97.5 Å². The predicted molar refractivity (Wildman–Crippen MR) is 173 cm³/mol. The fraction of sp³-hybridized carbons (Fsp3) is 0.486. The van der Waals surface area contributed by atoms with Gasteiger partial charge in [-0.25, -0.2) is 0 Å². The van der Waals surface area contributed by atoms with Crippen molar-refractivity contribution >= 4 is 35.2 Å². The van der Waals surface area contributed by atoms with Crippen molar-refractivity contribution in [2.75, 3.05) is 51.4 Å². The largest absolute Gasteiger partial charge is 0.480 e. The summed E-state index contributed by atoms with van der Waals surface area (Å²) in [5, 5.41) is 14.3. The number of rotatable bonds is 15. The number of fused-ring (bicyclic) bond motifs is 1. The van der Waals surface area contributed by atoms with E-state index in [-0.39, 0.29) is 42.2 Å². The van der Waals surface area contributed by atoms with Gasteiger partial charge in [-0.3, -0.25) is 34.2 Å². The highest BCUT2D eigenvalue weighted by molar-refractivity contribution is 6.25. The minimum atomic E-state index is -4.74. The molecule has 2 saturated heterocycles. The van der Waals surface area contributed by atoms with Crippen molar-refractivity contribution in [1.29, 1.82) is 5.26 Å². The second-order valence-corrected chi connectivity index (χ2v) is 13.1. The molecule has 3 heterocycles. The average Bonchev–Trinajstić information content (AvgIpc) is 3.46. The summed E-state index contributed by atoms with van der Waals surface area (Å²) >= 11 is 0. The molecule has 0 aromatic heterocycles. The van der Waals surface area contributed by atoms with Crippen molar-refractivity contribution < 1.29 is 51.4 Å². The van der Waals surface area contributed by atoms with Crippen molar-refractivity contribution in [2.45, 2.75) is 57.9 Å². The molecule has 5 rings (SSSR count). The van der Waals surface area contributed by atoms with Gasteiger partial charge in [0.15, 0.2) is 6.10 Å². The number of unbranched alkanes of at least 4 members (excludes halogenated alkanes) is 1. The molecule has 13 nitrogen and oxygen atoms in total. The van der Waals surface area contributed by atoms with Crippen LogP contribution in [0.15, 0.2) is 36.4 Å². The number of hydrogen-bond acceptors (Lipinski definition) is 10. The molecule has 0 spiro atoms. The summed E-state index contributed by atoms with van der Waals surface area (Å²) in [6.45, 7) is 6.09. The van der Waals surface area contributed by atoms with Gasteiger partial charge in [0.25, 0.3) is 17.7 Å². The van der Waals surface area contributed by atoms with Gasteiger partial charge in [0, 0.05) is 43.8 Å². The smallest absolute Gasteiger partial charge is 0.417 e. The van der Waals surface area contributed by atoms with E-state index in [1.807, 2.05) is 13.8 Å². The number of anilines is 1. The first-order valence-electron chi connectivity index (χ1n) is 16.5. The predicted octanol–water partition coefficient (Wildman–Crippen LogP) is 3.52. The fourth-order valence-corrected chi connectivity index (χ4v) is 6.37. The molecular weight excluding hydrogens is 675 g/mol. The van der Waals surface area contributed by atoms with Gasteiger partial charge in [-0.1, -0.05) is 19.9 Å². The molecule has 0 bridgehead atoms. The van der Waals surface area contributed by atoms with Crippen molar-refractivity contribution in [3.63, 3.8) is 0 Å². The molecule has 2 unspecified atom stereocenters. The van der Waals surface area contributed by atoms with Crippen LogP contribution in [-0.2, 0) is 30.0 Å². The highest BCUT2D eigenvalue weighted by atomic mass is 19.4. The third-order valence-electron chi connectivity index (χ3n) is 8.88. The maximum absolute atomic E-state index is 13.4. The van der Waals surface area contributed by atoms with Crippen LogP contribution in [0.25, 0.3) is 0 Å². The Balaban J connectivity index is 0.976. The molecule has 0 aliphatic carbocycles. The summed E-state index contributed by atoms with van der Waals surface area (Å²) in [5.41, 5.74) is -1.51. The Morgan fingerprint density at radius 1 is 1.00 bits per heavy atom. The zero-order chi connectivity index (χ0) is 36.9. The van der Waals surface area contributed by atoms with E-state index >= 15 is 0 Å². The minimum Gasteiger partial charge on any atom is -0.480 e. The van der Waals surface area contributed by atoms with Gasteiger partial charge < -0.3 is 24.4 Å². The maximum atomic E-state index is 13.4. The Hall–Kier alpha value is -5.01. The summed E-state index contributed by atoms with van der Waals surface area (Å²) in [7, 11) is 0. The molecule has 2 atom stereocenters. The van der Waals surface area contributed by atoms with Crippen LogP contribution in [0.5, 0.6) is 5.75 Å². The number of likely N-dealkylation sites (tertiary alicyclic amines) is 1. The number of alkyl halides is 3. The van der Waals surface area contributed by atoms with Crippen LogP contribution in [0, 0.1) is 16.7 Å². The highest BCUT2D eigenvalue weighted by Gasteiger charge is 2.48. The van der Waals surface area contributed by atoms with Gasteiger partial charge >= 0.3 is 6.18 Å². The summed E-state index contributed by atoms with van der Waals surface area (Å²) in [6, 6.07) is 8.35. The van der Waals surface area contributed by atoms with Gasteiger partial charge in [0.05, 0.1) is 48.1 Å². The van der Waals surface area contributed by atoms with Crippen molar-refractivity contribution in [3.8, 4) is 11.8 Å². The first kappa shape index (κ1) is 37.3. The van der Waals surface area contributed by atoms with Crippen LogP contribution >= 0.6 is 0 Å². The first-order chi connectivity index (χ1) is 24.2. The molecule has 2 fully saturated rings. The second-order valence-electron chi connectivity index (χ2n) is 13.1. The molecule has 272 valence electrons. The molecule has 16 heteroatoms. The number of carbonyl (C=O) groups is 5. The quantitative estimate of drug-likeness (QED) is 0.206. The molecule has 3 aliphatic rings. The highest BCUT2D eigenvalue weighted by Crippen LogP contribution is 2.38. The van der Waals surface area contributed by atoms with E-state index in [2.05, 4.69) is 10.6 Å². The number of piperidine rings is 1. The SMILES string of the molecule is CC1(C)CN(CCCCOCCOCCNc2cccc3c2C(=O)N(C2CCC(=O)NC2=O)C3=O)C(=O)C1Oc1ccc(C#N)c(C(F)(F)F)c1. The van der Waals surface area contributed by atoms with Crippen LogP contribution < -0.4 is 15.4 Å². The molecule has 2 N–H and O–H groups in total. The standard InChI is InChI=1S/C35H38F3N5O8/c1-34(2)20-42(33(48)29(34)51-22-9-8-21(19-39)24(18-22)35(36,37)38)13-3-4-14-49-16-17-50-15-12-40-25-7-5-6-23-28(25)32(47)43(31(23)46)26-10-11-27(44)41-30(26)45/h5-9,18,26,29,40H,3-4,10-17,20H2,1-2H3,(H,41,44,45). The number of halogens is 3. The molecule has 2 aromatic rings. The van der Waals surface area contributed by atoms with E-state index in [9.17, 15) is 37.1 Å². The monoisotopic (exact) mass is 713 g/mol. The van der Waals surface area contributed by atoms with Crippen LogP contribution in [0.3, 0.4) is 0 Å². The Kier molecular flexibility index (Phi) is 11.3. The maximum Gasteiger partial charge on any atom is 0.417 e. The van der Waals surface area contributed by atoms with E-state index in [0.29, 0.717) is 58.0 Å². The first-order valence-corrected chi connectivity index (χ1v) is 16.5. The van der Waals surface area contributed by atoms with E-state index in [4.69, 9.17) is 19.5 Å². The van der Waals surface area contributed by atoms with Crippen LogP contribution in [0.4, 0.5) is 18.9 Å². The van der Waals surface area contributed by atoms with Crippen molar-refractivity contribution in [2.24, 2.45) is 5.41 Å². The third kappa shape index (κ3) is 8.32. The average molecular weight is 714 g/mol. The van der Waals surface area contributed by atoms with Gasteiger partial charge in [-0.05, 0) is 49.6 Å². The number of hydrogen-bond donors (Lipinski definition) is 2. The molecule has 51 heavy (non-hydrogen) atoms. The van der Waals surface area contributed by atoms with E-state index in [1.54, 1.807) is 17.0 Å². The topological polar surface area (TPSA) is 167 Å². The second kappa shape index (κ2) is 15.5. The Morgan fingerprint density at radius 2 is 1.75 bits per heavy atom. The zero-order valence-corrected chi connectivity index (χ0v) is 28.1. The van der Waals surface area contributed by atoms with Crippen LogP contribution in [0.2, 0.25) is 0 Å². The number of nitrogens with zero attached hydrogens (tertiary/aromatic N) is 3. The zero-order valence-electron chi connectivity index (χ0n) is 28.1. The molecule has 2 aromatic carbocycles. The molecule has 0 radical (unpaired) electrons. The number of benzene rings is 2. The number of amides is 5. The third-order valence-corrected chi connectivity index (χ3v) is 8.88. The fourth-order valence-electron chi connectivity index (χ4n) is 6.37. The normalized spacial score (nSPS) is 20.0. The number of nitriles is 1. The number of carbonyl (C=O) groups excluding carboxylic acids is 5. The molecular formula is C35H38F3N5O8. The minimum absolute atomic E-state index is 0.0368. The van der Waals surface area contributed by atoms with Gasteiger partial charge in [-0.15, -0.1) is 0 Å². The lowest BCUT2D eigenvalue weighted by Crippen LogP contribution is -2.54. The number of imide groups is 2. The van der Waals surface area contributed by atoms with E-state index in [1.165, 1.54) is 18.2 Å². The summed E-state index contributed by atoms with van der Waals surface area (Å²) in [4.78, 5) is 65.6. The van der Waals surface area contributed by atoms with E-state index in [0.717, 1.165) is 17.0 Å². The van der Waals surface area contributed by atoms with Crippen molar-refractivity contribution in [3.05, 3.63) is 58.7 Å². The Labute approximate surface area is 292 Å². The summed E-state index contributed by atoms with van der Waals surface area (Å²) in [6.07, 6.45) is -4.31.